The van der Waals surface area contributed by atoms with Gasteiger partial charge in [0.1, 0.15) is 17.8 Å². The first-order chi connectivity index (χ1) is 13.0. The minimum absolute atomic E-state index is 0.0418. The molecule has 1 N–H and O–H groups in total. The van der Waals surface area contributed by atoms with E-state index in [9.17, 15) is 14.9 Å². The largest absolute Gasteiger partial charge is 0.369 e. The smallest absolute Gasteiger partial charge is 0.287 e. The topological polar surface area (TPSA) is 104 Å². The van der Waals surface area contributed by atoms with Crippen molar-refractivity contribution < 1.29 is 9.72 Å². The number of nitrogens with one attached hydrogen (secondary N) is 1. The van der Waals surface area contributed by atoms with Crippen LogP contribution in [-0.4, -0.2) is 58.4 Å². The monoisotopic (exact) mass is 370 g/mol. The molecule has 3 rings (SSSR count). The van der Waals surface area contributed by atoms with Gasteiger partial charge in [-0.2, -0.15) is 0 Å². The van der Waals surface area contributed by atoms with Crippen LogP contribution in [0.4, 0.5) is 17.3 Å². The average Bonchev–Trinajstić information content (AvgIpc) is 2.69. The summed E-state index contributed by atoms with van der Waals surface area (Å²) in [5.41, 5.74) is 0.639. The molecule has 2 aromatic heterocycles. The number of nitrogens with zero attached hydrogens (tertiary/aromatic N) is 5. The number of aromatic nitrogens is 2. The second-order valence-corrected chi connectivity index (χ2v) is 6.35. The van der Waals surface area contributed by atoms with Gasteiger partial charge in [0, 0.05) is 51.4 Å². The van der Waals surface area contributed by atoms with E-state index < -0.39 is 4.92 Å². The van der Waals surface area contributed by atoms with Crippen LogP contribution in [0.1, 0.15) is 12.0 Å². The number of hydrogen-bond acceptors (Lipinski definition) is 7. The Bertz CT molecular complexity index is 806. The number of pyridine rings is 2. The van der Waals surface area contributed by atoms with Gasteiger partial charge in [-0.15, -0.1) is 0 Å². The van der Waals surface area contributed by atoms with Crippen molar-refractivity contribution in [2.45, 2.75) is 13.3 Å². The third-order valence-corrected chi connectivity index (χ3v) is 4.51. The molecule has 9 heteroatoms. The molecular formula is C18H22N6O3. The van der Waals surface area contributed by atoms with Crippen LogP contribution in [0.5, 0.6) is 0 Å². The highest BCUT2D eigenvalue weighted by Gasteiger charge is 2.21. The fourth-order valence-corrected chi connectivity index (χ4v) is 3.02. The summed E-state index contributed by atoms with van der Waals surface area (Å²) >= 11 is 0. The number of carbonyl (C=O) groups is 1. The molecule has 2 aromatic rings. The predicted octanol–water partition coefficient (Wildman–Crippen LogP) is 1.84. The summed E-state index contributed by atoms with van der Waals surface area (Å²) in [6.45, 7) is 5.05. The molecule has 0 bridgehead atoms. The molecule has 1 aliphatic rings. The molecule has 3 heterocycles. The Balaban J connectivity index is 1.44. The molecule has 0 spiro atoms. The van der Waals surface area contributed by atoms with Gasteiger partial charge < -0.3 is 15.1 Å². The maximum absolute atomic E-state index is 12.4. The number of nitro groups is 1. The highest BCUT2D eigenvalue weighted by atomic mass is 16.6. The number of rotatable bonds is 6. The minimum Gasteiger partial charge on any atom is -0.369 e. The first-order valence-corrected chi connectivity index (χ1v) is 8.83. The van der Waals surface area contributed by atoms with Crippen molar-refractivity contribution in [1.29, 1.82) is 0 Å². The Hall–Kier alpha value is -3.23. The van der Waals surface area contributed by atoms with Gasteiger partial charge in [0.15, 0.2) is 0 Å². The second-order valence-electron chi connectivity index (χ2n) is 6.35. The van der Waals surface area contributed by atoms with E-state index in [1.807, 2.05) is 23.1 Å². The van der Waals surface area contributed by atoms with E-state index in [2.05, 4.69) is 20.2 Å². The average molecular weight is 370 g/mol. The normalized spacial score (nSPS) is 14.1. The zero-order valence-corrected chi connectivity index (χ0v) is 15.2. The molecule has 0 aromatic carbocycles. The predicted molar refractivity (Wildman–Crippen MR) is 102 cm³/mol. The van der Waals surface area contributed by atoms with Crippen molar-refractivity contribution in [2.75, 3.05) is 42.9 Å². The summed E-state index contributed by atoms with van der Waals surface area (Å²) in [6, 6.07) is 7.28. The lowest BCUT2D eigenvalue weighted by atomic mass is 10.2. The highest BCUT2D eigenvalue weighted by Crippen LogP contribution is 2.18. The number of amides is 1. The van der Waals surface area contributed by atoms with Crippen LogP contribution in [0.25, 0.3) is 0 Å². The molecule has 0 saturated carbocycles. The first kappa shape index (κ1) is 18.6. The van der Waals surface area contributed by atoms with E-state index in [0.717, 1.165) is 18.9 Å². The quantitative estimate of drug-likeness (QED) is 0.611. The summed E-state index contributed by atoms with van der Waals surface area (Å²) < 4.78 is 0. The zero-order chi connectivity index (χ0) is 19.2. The van der Waals surface area contributed by atoms with Crippen LogP contribution >= 0.6 is 0 Å². The van der Waals surface area contributed by atoms with E-state index in [0.29, 0.717) is 37.4 Å². The standard InChI is InChI=1S/C18H22N6O3/c1-14-12-15(24(26)27)13-21-18(14)20-7-5-17(25)23-10-8-22(9-11-23)16-4-2-3-6-19-16/h2-4,6,12-13H,5,7-11H2,1H3,(H,20,21). The molecule has 27 heavy (non-hydrogen) atoms. The Labute approximate surface area is 157 Å². The summed E-state index contributed by atoms with van der Waals surface area (Å²) in [5, 5.41) is 13.8. The Morgan fingerprint density at radius 3 is 2.67 bits per heavy atom. The van der Waals surface area contributed by atoms with E-state index in [1.54, 1.807) is 13.1 Å². The molecular weight excluding hydrogens is 348 g/mol. The van der Waals surface area contributed by atoms with Crippen LogP contribution in [0.3, 0.4) is 0 Å². The maximum atomic E-state index is 12.4. The number of piperazine rings is 1. The van der Waals surface area contributed by atoms with Crippen LogP contribution in [0, 0.1) is 17.0 Å². The number of aryl methyl sites for hydroxylation is 1. The lowest BCUT2D eigenvalue weighted by Gasteiger charge is -2.35. The fraction of sp³-hybridized carbons (Fsp3) is 0.389. The molecule has 0 radical (unpaired) electrons. The Morgan fingerprint density at radius 2 is 2.04 bits per heavy atom. The summed E-state index contributed by atoms with van der Waals surface area (Å²) in [5.74, 6) is 1.59. The maximum Gasteiger partial charge on any atom is 0.287 e. The van der Waals surface area contributed by atoms with Crippen molar-refractivity contribution >= 4 is 23.2 Å². The van der Waals surface area contributed by atoms with Gasteiger partial charge in [-0.05, 0) is 24.6 Å². The number of anilines is 2. The molecule has 1 fully saturated rings. The minimum atomic E-state index is -0.474. The number of carbonyl (C=O) groups excluding carboxylic acids is 1. The highest BCUT2D eigenvalue weighted by molar-refractivity contribution is 5.77. The third-order valence-electron chi connectivity index (χ3n) is 4.51. The van der Waals surface area contributed by atoms with Gasteiger partial charge in [0.2, 0.25) is 5.91 Å². The van der Waals surface area contributed by atoms with E-state index in [4.69, 9.17) is 0 Å². The van der Waals surface area contributed by atoms with E-state index in [-0.39, 0.29) is 11.6 Å². The third kappa shape index (κ3) is 4.69. The van der Waals surface area contributed by atoms with Crippen molar-refractivity contribution in [2.24, 2.45) is 0 Å². The van der Waals surface area contributed by atoms with Gasteiger partial charge >= 0.3 is 0 Å². The van der Waals surface area contributed by atoms with Gasteiger partial charge in [-0.25, -0.2) is 9.97 Å². The van der Waals surface area contributed by atoms with Gasteiger partial charge in [0.25, 0.3) is 5.69 Å². The summed E-state index contributed by atoms with van der Waals surface area (Å²) in [6.07, 6.45) is 3.34. The fourth-order valence-electron chi connectivity index (χ4n) is 3.02. The van der Waals surface area contributed by atoms with Crippen molar-refractivity contribution in [1.82, 2.24) is 14.9 Å². The van der Waals surface area contributed by atoms with Crippen LogP contribution in [-0.2, 0) is 4.79 Å². The lowest BCUT2D eigenvalue weighted by molar-refractivity contribution is -0.385. The van der Waals surface area contributed by atoms with Gasteiger partial charge in [-0.3, -0.25) is 14.9 Å². The van der Waals surface area contributed by atoms with Gasteiger partial charge in [0.05, 0.1) is 4.92 Å². The van der Waals surface area contributed by atoms with E-state index >= 15 is 0 Å². The van der Waals surface area contributed by atoms with E-state index in [1.165, 1.54) is 12.3 Å². The molecule has 9 nitrogen and oxygen atoms in total. The molecule has 0 aliphatic carbocycles. The van der Waals surface area contributed by atoms with Gasteiger partial charge in [-0.1, -0.05) is 6.07 Å². The van der Waals surface area contributed by atoms with Crippen LogP contribution < -0.4 is 10.2 Å². The van der Waals surface area contributed by atoms with Crippen molar-refractivity contribution in [3.63, 3.8) is 0 Å². The molecule has 0 atom stereocenters. The molecule has 1 aliphatic heterocycles. The SMILES string of the molecule is Cc1cc([N+](=O)[O-])cnc1NCCC(=O)N1CCN(c2ccccn2)CC1. The summed E-state index contributed by atoms with van der Waals surface area (Å²) in [4.78, 5) is 35.1. The van der Waals surface area contributed by atoms with Crippen molar-refractivity contribution in [3.05, 3.63) is 52.3 Å². The summed E-state index contributed by atoms with van der Waals surface area (Å²) in [7, 11) is 0. The van der Waals surface area contributed by atoms with Crippen LogP contribution in [0.15, 0.2) is 36.7 Å². The lowest BCUT2D eigenvalue weighted by Crippen LogP contribution is -2.49. The number of hydrogen-bond donors (Lipinski definition) is 1. The van der Waals surface area contributed by atoms with Crippen LogP contribution in [0.2, 0.25) is 0 Å². The zero-order valence-electron chi connectivity index (χ0n) is 15.2. The Kier molecular flexibility index (Phi) is 5.80. The second kappa shape index (κ2) is 8.43. The molecule has 0 unspecified atom stereocenters. The molecule has 1 amide bonds. The molecule has 1 saturated heterocycles. The Morgan fingerprint density at radius 1 is 1.26 bits per heavy atom. The van der Waals surface area contributed by atoms with Crippen molar-refractivity contribution in [3.8, 4) is 0 Å². The first-order valence-electron chi connectivity index (χ1n) is 8.83. The molecule has 142 valence electrons.